The second-order valence-corrected chi connectivity index (χ2v) is 6.07. The lowest BCUT2D eigenvalue weighted by Gasteiger charge is -2.09. The summed E-state index contributed by atoms with van der Waals surface area (Å²) in [6.07, 6.45) is 1.44. The molecule has 0 radical (unpaired) electrons. The lowest BCUT2D eigenvalue weighted by Crippen LogP contribution is -2.28. The predicted molar refractivity (Wildman–Crippen MR) is 111 cm³/mol. The molecule has 0 aliphatic rings. The number of benzene rings is 2. The Morgan fingerprint density at radius 3 is 2.73 bits per heavy atom. The smallest absolute Gasteiger partial charge is 0.292 e. The molecule has 0 atom stereocenters. The van der Waals surface area contributed by atoms with Crippen molar-refractivity contribution in [3.63, 3.8) is 0 Å². The van der Waals surface area contributed by atoms with E-state index in [0.717, 1.165) is 0 Å². The molecule has 1 amide bonds. The number of nitrogens with one attached hydrogen (secondary N) is 1. The SMILES string of the molecule is CCn1nc(C(=O)N/N=C\c2ccc(OCC#N)c(OC)c2)c2ccccc2c1=O. The molecule has 0 bridgehead atoms. The topological polar surface area (TPSA) is 119 Å². The molecule has 1 N–H and O–H groups in total. The van der Waals surface area contributed by atoms with E-state index in [1.807, 2.05) is 6.07 Å². The molecule has 3 aromatic rings. The van der Waals surface area contributed by atoms with Gasteiger partial charge in [0.25, 0.3) is 11.5 Å². The molecule has 0 unspecified atom stereocenters. The molecule has 0 aliphatic heterocycles. The number of aryl methyl sites for hydroxylation is 1. The summed E-state index contributed by atoms with van der Waals surface area (Å²) >= 11 is 0. The van der Waals surface area contributed by atoms with Crippen LogP contribution in [0.5, 0.6) is 11.5 Å². The lowest BCUT2D eigenvalue weighted by molar-refractivity contribution is 0.0949. The highest BCUT2D eigenvalue weighted by molar-refractivity contribution is 6.04. The molecule has 0 saturated carbocycles. The van der Waals surface area contributed by atoms with Gasteiger partial charge in [-0.25, -0.2) is 10.1 Å². The van der Waals surface area contributed by atoms with Gasteiger partial charge in [0.05, 0.1) is 18.7 Å². The van der Waals surface area contributed by atoms with E-state index >= 15 is 0 Å². The van der Waals surface area contributed by atoms with E-state index in [-0.39, 0.29) is 17.9 Å². The summed E-state index contributed by atoms with van der Waals surface area (Å²) < 4.78 is 11.7. The maximum absolute atomic E-state index is 12.6. The van der Waals surface area contributed by atoms with Crippen LogP contribution < -0.4 is 20.5 Å². The van der Waals surface area contributed by atoms with E-state index in [1.54, 1.807) is 49.4 Å². The summed E-state index contributed by atoms with van der Waals surface area (Å²) in [6.45, 7) is 2.02. The first-order chi connectivity index (χ1) is 14.6. The number of hydrazone groups is 1. The molecule has 3 rings (SSSR count). The maximum atomic E-state index is 12.6. The zero-order valence-corrected chi connectivity index (χ0v) is 16.5. The van der Waals surface area contributed by atoms with Crippen LogP contribution in [0.15, 0.2) is 52.4 Å². The number of carbonyl (C=O) groups is 1. The first-order valence-electron chi connectivity index (χ1n) is 9.10. The second kappa shape index (κ2) is 9.34. The van der Waals surface area contributed by atoms with Gasteiger partial charge in [0, 0.05) is 11.9 Å². The molecular formula is C21H19N5O4. The number of rotatable bonds is 7. The maximum Gasteiger partial charge on any atom is 0.292 e. The minimum Gasteiger partial charge on any atom is -0.493 e. The molecule has 2 aromatic carbocycles. The number of ether oxygens (including phenoxy) is 2. The average Bonchev–Trinajstić information content (AvgIpc) is 2.78. The fourth-order valence-electron chi connectivity index (χ4n) is 2.83. The van der Waals surface area contributed by atoms with Crippen molar-refractivity contribution in [2.24, 2.45) is 5.10 Å². The number of methoxy groups -OCH3 is 1. The summed E-state index contributed by atoms with van der Waals surface area (Å²) in [7, 11) is 1.48. The molecule has 1 heterocycles. The number of nitriles is 1. The number of nitrogens with zero attached hydrogens (tertiary/aromatic N) is 4. The van der Waals surface area contributed by atoms with E-state index in [2.05, 4.69) is 15.6 Å². The van der Waals surface area contributed by atoms with Gasteiger partial charge in [-0.2, -0.15) is 15.5 Å². The normalized spacial score (nSPS) is 10.7. The third kappa shape index (κ3) is 4.28. The molecule has 0 saturated heterocycles. The molecule has 0 aliphatic carbocycles. The van der Waals surface area contributed by atoms with Crippen molar-refractivity contribution in [3.05, 3.63) is 64.1 Å². The van der Waals surface area contributed by atoms with Crippen molar-refractivity contribution in [2.45, 2.75) is 13.5 Å². The highest BCUT2D eigenvalue weighted by atomic mass is 16.5. The van der Waals surface area contributed by atoms with Crippen LogP contribution in [0.1, 0.15) is 23.0 Å². The Kier molecular flexibility index (Phi) is 6.39. The van der Waals surface area contributed by atoms with Crippen molar-refractivity contribution in [3.8, 4) is 17.6 Å². The predicted octanol–water partition coefficient (Wildman–Crippen LogP) is 2.09. The number of amides is 1. The minimum atomic E-state index is -0.536. The Bertz CT molecular complexity index is 1210. The standard InChI is InChI=1S/C21H19N5O4/c1-3-26-21(28)16-7-5-4-6-15(16)19(25-26)20(27)24-23-13-14-8-9-17(30-11-10-22)18(12-14)29-2/h4-9,12-13H,3,11H2,1-2H3,(H,24,27)/b23-13-. The molecule has 9 heteroatoms. The summed E-state index contributed by atoms with van der Waals surface area (Å²) in [5, 5.41) is 17.6. The Labute approximate surface area is 172 Å². The molecular weight excluding hydrogens is 386 g/mol. The van der Waals surface area contributed by atoms with Crippen LogP contribution in [0.2, 0.25) is 0 Å². The molecule has 152 valence electrons. The van der Waals surface area contributed by atoms with Gasteiger partial charge in [0.15, 0.2) is 23.8 Å². The summed E-state index contributed by atoms with van der Waals surface area (Å²) in [5.41, 5.74) is 2.94. The summed E-state index contributed by atoms with van der Waals surface area (Å²) in [4.78, 5) is 25.0. The third-order valence-corrected chi connectivity index (χ3v) is 4.24. The highest BCUT2D eigenvalue weighted by Gasteiger charge is 2.15. The number of aromatic nitrogens is 2. The van der Waals surface area contributed by atoms with Crippen molar-refractivity contribution in [1.82, 2.24) is 15.2 Å². The second-order valence-electron chi connectivity index (χ2n) is 6.07. The molecule has 0 fully saturated rings. The van der Waals surface area contributed by atoms with Crippen LogP contribution >= 0.6 is 0 Å². The molecule has 9 nitrogen and oxygen atoms in total. The van der Waals surface area contributed by atoms with E-state index in [4.69, 9.17) is 14.7 Å². The van der Waals surface area contributed by atoms with Crippen LogP contribution in [0, 0.1) is 11.3 Å². The lowest BCUT2D eigenvalue weighted by atomic mass is 10.1. The zero-order chi connectivity index (χ0) is 21.5. The van der Waals surface area contributed by atoms with E-state index in [9.17, 15) is 9.59 Å². The average molecular weight is 405 g/mol. The van der Waals surface area contributed by atoms with Gasteiger partial charge in [-0.3, -0.25) is 9.59 Å². The molecule has 1 aromatic heterocycles. The Hall–Kier alpha value is -4.19. The van der Waals surface area contributed by atoms with Crippen molar-refractivity contribution < 1.29 is 14.3 Å². The first-order valence-corrected chi connectivity index (χ1v) is 9.10. The van der Waals surface area contributed by atoms with Crippen molar-refractivity contribution in [2.75, 3.05) is 13.7 Å². The quantitative estimate of drug-likeness (QED) is 0.475. The zero-order valence-electron chi connectivity index (χ0n) is 16.5. The van der Waals surface area contributed by atoms with Gasteiger partial charge in [-0.15, -0.1) is 0 Å². The van der Waals surface area contributed by atoms with E-state index in [0.29, 0.717) is 34.4 Å². The Morgan fingerprint density at radius 2 is 2.03 bits per heavy atom. The summed E-state index contributed by atoms with van der Waals surface area (Å²) in [6, 6.07) is 13.7. The molecule has 0 spiro atoms. The van der Waals surface area contributed by atoms with Crippen LogP contribution in [-0.2, 0) is 6.54 Å². The van der Waals surface area contributed by atoms with Gasteiger partial charge in [0.2, 0.25) is 0 Å². The Balaban J connectivity index is 1.82. The van der Waals surface area contributed by atoms with Gasteiger partial charge in [-0.1, -0.05) is 18.2 Å². The van der Waals surface area contributed by atoms with Crippen LogP contribution in [0.4, 0.5) is 0 Å². The fraction of sp³-hybridized carbons (Fsp3) is 0.190. The largest absolute Gasteiger partial charge is 0.493 e. The number of carbonyl (C=O) groups excluding carboxylic acids is 1. The van der Waals surface area contributed by atoms with Crippen molar-refractivity contribution in [1.29, 1.82) is 5.26 Å². The third-order valence-electron chi connectivity index (χ3n) is 4.24. The minimum absolute atomic E-state index is 0.0965. The Morgan fingerprint density at radius 1 is 1.27 bits per heavy atom. The first kappa shape index (κ1) is 20.5. The van der Waals surface area contributed by atoms with Gasteiger partial charge in [0.1, 0.15) is 6.07 Å². The van der Waals surface area contributed by atoms with E-state index < -0.39 is 5.91 Å². The number of hydrogen-bond acceptors (Lipinski definition) is 7. The highest BCUT2D eigenvalue weighted by Crippen LogP contribution is 2.27. The monoisotopic (exact) mass is 405 g/mol. The van der Waals surface area contributed by atoms with Gasteiger partial charge < -0.3 is 9.47 Å². The van der Waals surface area contributed by atoms with Crippen LogP contribution in [-0.4, -0.2) is 35.6 Å². The van der Waals surface area contributed by atoms with E-state index in [1.165, 1.54) is 18.0 Å². The fourth-order valence-corrected chi connectivity index (χ4v) is 2.83. The summed E-state index contributed by atoms with van der Waals surface area (Å²) in [5.74, 6) is 0.325. The van der Waals surface area contributed by atoms with Crippen LogP contribution in [0.3, 0.4) is 0 Å². The van der Waals surface area contributed by atoms with Crippen LogP contribution in [0.25, 0.3) is 10.8 Å². The molecule has 30 heavy (non-hydrogen) atoms. The number of hydrogen-bond donors (Lipinski definition) is 1. The van der Waals surface area contributed by atoms with Gasteiger partial charge >= 0.3 is 0 Å². The van der Waals surface area contributed by atoms with Crippen molar-refractivity contribution >= 4 is 22.9 Å². The number of fused-ring (bicyclic) bond motifs is 1. The van der Waals surface area contributed by atoms with Gasteiger partial charge in [-0.05, 0) is 36.8 Å².